The summed E-state index contributed by atoms with van der Waals surface area (Å²) in [6.07, 6.45) is -3.86. The van der Waals surface area contributed by atoms with E-state index in [1.165, 1.54) is 6.20 Å². The summed E-state index contributed by atoms with van der Waals surface area (Å²) in [5.41, 5.74) is 5.58. The average Bonchev–Trinajstić information content (AvgIpc) is 2.21. The minimum absolute atomic E-state index is 0.0747. The van der Waals surface area contributed by atoms with Gasteiger partial charge in [-0.3, -0.25) is 0 Å². The minimum Gasteiger partial charge on any atom is -0.405 e. The Labute approximate surface area is 109 Å². The van der Waals surface area contributed by atoms with Crippen LogP contribution in [0.3, 0.4) is 0 Å². The van der Waals surface area contributed by atoms with Gasteiger partial charge in [-0.15, -0.1) is 13.2 Å². The highest BCUT2D eigenvalue weighted by Gasteiger charge is 2.33. The van der Waals surface area contributed by atoms with E-state index in [-0.39, 0.29) is 24.1 Å². The highest BCUT2D eigenvalue weighted by molar-refractivity contribution is 14.1. The second kappa shape index (κ2) is 5.50. The number of alkyl halides is 3. The summed E-state index contributed by atoms with van der Waals surface area (Å²) in [5.74, 6) is -0.416. The van der Waals surface area contributed by atoms with Gasteiger partial charge in [0.2, 0.25) is 0 Å². The summed E-state index contributed by atoms with van der Waals surface area (Å²) < 4.78 is 41.0. The smallest absolute Gasteiger partial charge is 0.405 e. The van der Waals surface area contributed by atoms with Crippen LogP contribution in [-0.4, -0.2) is 11.3 Å². The molecule has 0 aliphatic rings. The lowest BCUT2D eigenvalue weighted by molar-refractivity contribution is -0.275. The molecule has 0 amide bonds. The molecular weight excluding hydrogens is 350 g/mol. The number of halogens is 4. The molecule has 0 saturated carbocycles. The highest BCUT2D eigenvalue weighted by Crippen LogP contribution is 2.32. The third kappa shape index (κ3) is 3.71. The molecule has 0 atom stereocenters. The van der Waals surface area contributed by atoms with Gasteiger partial charge in [-0.25, -0.2) is 4.98 Å². The van der Waals surface area contributed by atoms with Gasteiger partial charge in [0, 0.05) is 23.9 Å². The van der Waals surface area contributed by atoms with Crippen molar-refractivity contribution in [3.8, 4) is 11.8 Å². The van der Waals surface area contributed by atoms with E-state index in [4.69, 9.17) is 11.0 Å². The maximum Gasteiger partial charge on any atom is 0.573 e. The Morgan fingerprint density at radius 3 is 2.65 bits per heavy atom. The molecule has 0 aromatic carbocycles. The lowest BCUT2D eigenvalue weighted by Gasteiger charge is -2.15. The second-order valence-corrected chi connectivity index (χ2v) is 3.99. The van der Waals surface area contributed by atoms with Crippen molar-refractivity contribution in [2.75, 3.05) is 0 Å². The Morgan fingerprint density at radius 1 is 1.53 bits per heavy atom. The predicted molar refractivity (Wildman–Crippen MR) is 60.8 cm³/mol. The number of pyridine rings is 1. The topological polar surface area (TPSA) is 71.9 Å². The van der Waals surface area contributed by atoms with E-state index in [1.807, 2.05) is 0 Å². The molecule has 1 aromatic rings. The molecule has 0 fully saturated rings. The van der Waals surface area contributed by atoms with Crippen LogP contribution in [0.15, 0.2) is 6.20 Å². The molecule has 0 spiro atoms. The van der Waals surface area contributed by atoms with E-state index in [1.54, 1.807) is 28.7 Å². The van der Waals surface area contributed by atoms with Gasteiger partial charge in [-0.05, 0) is 22.6 Å². The van der Waals surface area contributed by atoms with Crippen LogP contribution < -0.4 is 10.5 Å². The van der Waals surface area contributed by atoms with Crippen molar-refractivity contribution >= 4 is 22.6 Å². The molecule has 1 aromatic heterocycles. The van der Waals surface area contributed by atoms with Gasteiger partial charge < -0.3 is 10.5 Å². The minimum atomic E-state index is -4.82. The Morgan fingerprint density at radius 2 is 2.18 bits per heavy atom. The fourth-order valence-corrected chi connectivity index (χ4v) is 1.79. The number of hydrogen-bond donors (Lipinski definition) is 1. The molecule has 17 heavy (non-hydrogen) atoms. The summed E-state index contributed by atoms with van der Waals surface area (Å²) in [6.45, 7) is -0.143. The molecule has 1 rings (SSSR count). The van der Waals surface area contributed by atoms with Crippen molar-refractivity contribution in [3.63, 3.8) is 0 Å². The third-order valence-electron chi connectivity index (χ3n) is 1.84. The van der Waals surface area contributed by atoms with Crippen molar-refractivity contribution < 1.29 is 17.9 Å². The van der Waals surface area contributed by atoms with Crippen LogP contribution in [0, 0.1) is 15.0 Å². The van der Waals surface area contributed by atoms with Crippen LogP contribution in [0.2, 0.25) is 0 Å². The summed E-state index contributed by atoms with van der Waals surface area (Å²) in [4.78, 5) is 3.87. The van der Waals surface area contributed by atoms with Gasteiger partial charge in [0.1, 0.15) is 9.45 Å². The molecule has 0 unspecified atom stereocenters. The summed E-state index contributed by atoms with van der Waals surface area (Å²) in [6, 6.07) is 1.75. The van der Waals surface area contributed by atoms with E-state index in [0.29, 0.717) is 3.70 Å². The number of nitriles is 1. The summed E-state index contributed by atoms with van der Waals surface area (Å²) in [5, 5.41) is 8.53. The second-order valence-electron chi connectivity index (χ2n) is 2.97. The number of hydrogen-bond acceptors (Lipinski definition) is 4. The van der Waals surface area contributed by atoms with Gasteiger partial charge in [0.15, 0.2) is 0 Å². The highest BCUT2D eigenvalue weighted by atomic mass is 127. The van der Waals surface area contributed by atoms with Crippen LogP contribution in [0.5, 0.6) is 5.75 Å². The summed E-state index contributed by atoms with van der Waals surface area (Å²) in [7, 11) is 0. The number of aromatic nitrogens is 1. The third-order valence-corrected chi connectivity index (χ3v) is 2.77. The van der Waals surface area contributed by atoms with Crippen LogP contribution in [0.4, 0.5) is 13.2 Å². The predicted octanol–water partition coefficient (Wildman–Crippen LogP) is 2.11. The maximum atomic E-state index is 12.2. The maximum absolute atomic E-state index is 12.2. The number of nitrogens with zero attached hydrogens (tertiary/aromatic N) is 2. The van der Waals surface area contributed by atoms with Crippen molar-refractivity contribution in [1.29, 1.82) is 5.26 Å². The van der Waals surface area contributed by atoms with Crippen LogP contribution >= 0.6 is 22.6 Å². The fourth-order valence-electron chi connectivity index (χ4n) is 1.19. The van der Waals surface area contributed by atoms with Gasteiger partial charge in [0.05, 0.1) is 12.5 Å². The van der Waals surface area contributed by atoms with E-state index < -0.39 is 12.1 Å². The van der Waals surface area contributed by atoms with E-state index in [2.05, 4.69) is 9.72 Å². The Hall–Kier alpha value is -1.08. The molecule has 2 N–H and O–H groups in total. The Kier molecular flexibility index (Phi) is 4.53. The van der Waals surface area contributed by atoms with Gasteiger partial charge in [-0.1, -0.05) is 0 Å². The quantitative estimate of drug-likeness (QED) is 0.665. The van der Waals surface area contributed by atoms with Crippen LogP contribution in [0.1, 0.15) is 11.1 Å². The molecule has 0 radical (unpaired) electrons. The van der Waals surface area contributed by atoms with E-state index in [9.17, 15) is 13.2 Å². The van der Waals surface area contributed by atoms with Crippen LogP contribution in [0.25, 0.3) is 0 Å². The zero-order valence-electron chi connectivity index (χ0n) is 8.38. The lowest BCUT2D eigenvalue weighted by atomic mass is 10.1. The van der Waals surface area contributed by atoms with Crippen molar-refractivity contribution in [1.82, 2.24) is 4.98 Å². The molecule has 8 heteroatoms. The average molecular weight is 357 g/mol. The number of rotatable bonds is 3. The van der Waals surface area contributed by atoms with Crippen LogP contribution in [-0.2, 0) is 13.0 Å². The SMILES string of the molecule is N#CCc1cnc(I)c(CN)c1OC(F)(F)F. The molecule has 0 bridgehead atoms. The fraction of sp³-hybridized carbons (Fsp3) is 0.333. The van der Waals surface area contributed by atoms with Crippen molar-refractivity contribution in [2.45, 2.75) is 19.3 Å². The first-order chi connectivity index (χ1) is 7.89. The molecule has 4 nitrogen and oxygen atoms in total. The lowest BCUT2D eigenvalue weighted by Crippen LogP contribution is -2.20. The van der Waals surface area contributed by atoms with Crippen molar-refractivity contribution in [3.05, 3.63) is 21.0 Å². The zero-order chi connectivity index (χ0) is 13.1. The first-order valence-electron chi connectivity index (χ1n) is 4.38. The number of nitrogens with two attached hydrogens (primary N) is 1. The molecule has 0 aliphatic carbocycles. The molecule has 1 heterocycles. The normalized spacial score (nSPS) is 11.1. The van der Waals surface area contributed by atoms with Gasteiger partial charge in [0.25, 0.3) is 0 Å². The largest absolute Gasteiger partial charge is 0.573 e. The van der Waals surface area contributed by atoms with Crippen molar-refractivity contribution in [2.24, 2.45) is 5.73 Å². The molecule has 92 valence electrons. The first-order valence-corrected chi connectivity index (χ1v) is 5.46. The Bertz CT molecular complexity index is 456. The van der Waals surface area contributed by atoms with Gasteiger partial charge >= 0.3 is 6.36 Å². The van der Waals surface area contributed by atoms with E-state index in [0.717, 1.165) is 0 Å². The van der Waals surface area contributed by atoms with E-state index >= 15 is 0 Å². The zero-order valence-corrected chi connectivity index (χ0v) is 10.5. The number of ether oxygens (including phenoxy) is 1. The summed E-state index contributed by atoms with van der Waals surface area (Å²) >= 11 is 1.76. The monoisotopic (exact) mass is 357 g/mol. The molecule has 0 saturated heterocycles. The Balaban J connectivity index is 3.29. The first kappa shape index (κ1) is 14.0. The molecular formula is C9H7F3IN3O. The molecule has 0 aliphatic heterocycles. The van der Waals surface area contributed by atoms with Gasteiger partial charge in [-0.2, -0.15) is 5.26 Å². The standard InChI is InChI=1S/C9H7F3IN3O/c10-9(11,12)17-7-5(1-2-14)4-16-8(13)6(7)3-15/h4H,1,3,15H2.